The first kappa shape index (κ1) is 15.0. The molecule has 0 radical (unpaired) electrons. The standard InChI is InChI=1S/C15H26N4O/c1-3-7-17-13-9-16-10-14(18-13)19-15(11-20)6-4-5-12(2)8-15/h9-10,12,20H,3-8,11H2,1-2H3,(H2,17,18,19). The van der Waals surface area contributed by atoms with E-state index in [0.29, 0.717) is 5.92 Å². The maximum atomic E-state index is 9.81. The van der Waals surface area contributed by atoms with Crippen molar-refractivity contribution in [3.8, 4) is 0 Å². The smallest absolute Gasteiger partial charge is 0.147 e. The van der Waals surface area contributed by atoms with Crippen molar-refractivity contribution in [3.63, 3.8) is 0 Å². The average Bonchev–Trinajstić information content (AvgIpc) is 2.45. The molecule has 1 aliphatic rings. The van der Waals surface area contributed by atoms with Crippen molar-refractivity contribution in [1.82, 2.24) is 9.97 Å². The number of anilines is 2. The van der Waals surface area contributed by atoms with Crippen molar-refractivity contribution in [2.24, 2.45) is 5.92 Å². The van der Waals surface area contributed by atoms with Gasteiger partial charge >= 0.3 is 0 Å². The van der Waals surface area contributed by atoms with Crippen molar-refractivity contribution in [1.29, 1.82) is 0 Å². The van der Waals surface area contributed by atoms with Gasteiger partial charge in [-0.1, -0.05) is 26.7 Å². The van der Waals surface area contributed by atoms with E-state index in [4.69, 9.17) is 0 Å². The van der Waals surface area contributed by atoms with Crippen LogP contribution in [-0.4, -0.2) is 33.8 Å². The largest absolute Gasteiger partial charge is 0.394 e. The summed E-state index contributed by atoms with van der Waals surface area (Å²) >= 11 is 0. The SMILES string of the molecule is CCCNc1cncc(NC2(CO)CCCC(C)C2)n1. The molecule has 20 heavy (non-hydrogen) atoms. The monoisotopic (exact) mass is 278 g/mol. The van der Waals surface area contributed by atoms with E-state index >= 15 is 0 Å². The lowest BCUT2D eigenvalue weighted by Gasteiger charge is -2.39. The number of hydrogen-bond donors (Lipinski definition) is 3. The van der Waals surface area contributed by atoms with Crippen LogP contribution < -0.4 is 10.6 Å². The summed E-state index contributed by atoms with van der Waals surface area (Å²) in [5.41, 5.74) is -0.240. The highest BCUT2D eigenvalue weighted by atomic mass is 16.3. The molecule has 5 heteroatoms. The molecule has 2 atom stereocenters. The van der Waals surface area contributed by atoms with Gasteiger partial charge in [-0.3, -0.25) is 4.98 Å². The fourth-order valence-corrected chi connectivity index (χ4v) is 2.99. The Morgan fingerprint density at radius 2 is 2.20 bits per heavy atom. The molecule has 1 aromatic heterocycles. The van der Waals surface area contributed by atoms with Gasteiger partial charge in [0, 0.05) is 6.54 Å². The van der Waals surface area contributed by atoms with Crippen LogP contribution in [0.3, 0.4) is 0 Å². The Morgan fingerprint density at radius 1 is 1.40 bits per heavy atom. The van der Waals surface area contributed by atoms with Crippen LogP contribution in [0.15, 0.2) is 12.4 Å². The van der Waals surface area contributed by atoms with Gasteiger partial charge in [0.15, 0.2) is 0 Å². The molecular formula is C15H26N4O. The average molecular weight is 278 g/mol. The maximum Gasteiger partial charge on any atom is 0.147 e. The molecular weight excluding hydrogens is 252 g/mol. The second-order valence-electron chi connectivity index (χ2n) is 5.98. The maximum absolute atomic E-state index is 9.81. The number of nitrogens with one attached hydrogen (secondary N) is 2. The van der Waals surface area contributed by atoms with Crippen LogP contribution in [0.5, 0.6) is 0 Å². The molecule has 0 saturated heterocycles. The van der Waals surface area contributed by atoms with E-state index in [2.05, 4.69) is 34.4 Å². The molecule has 1 aliphatic carbocycles. The van der Waals surface area contributed by atoms with Crippen molar-refractivity contribution in [2.45, 2.75) is 51.5 Å². The lowest BCUT2D eigenvalue weighted by Crippen LogP contribution is -2.46. The zero-order chi connectivity index (χ0) is 14.4. The second-order valence-corrected chi connectivity index (χ2v) is 5.98. The lowest BCUT2D eigenvalue weighted by atomic mass is 9.77. The van der Waals surface area contributed by atoms with Crippen LogP contribution in [0.1, 0.15) is 46.0 Å². The Hall–Kier alpha value is -1.36. The zero-order valence-electron chi connectivity index (χ0n) is 12.5. The molecule has 1 saturated carbocycles. The van der Waals surface area contributed by atoms with Gasteiger partial charge in [-0.15, -0.1) is 0 Å². The van der Waals surface area contributed by atoms with Gasteiger partial charge in [-0.2, -0.15) is 0 Å². The van der Waals surface area contributed by atoms with Gasteiger partial charge in [-0.05, 0) is 25.2 Å². The molecule has 2 unspecified atom stereocenters. The van der Waals surface area contributed by atoms with Crippen LogP contribution in [0, 0.1) is 5.92 Å². The fraction of sp³-hybridized carbons (Fsp3) is 0.733. The lowest BCUT2D eigenvalue weighted by molar-refractivity contribution is 0.149. The number of rotatable bonds is 6. The third kappa shape index (κ3) is 3.82. The van der Waals surface area contributed by atoms with Gasteiger partial charge in [0.05, 0.1) is 24.5 Å². The summed E-state index contributed by atoms with van der Waals surface area (Å²) in [5, 5.41) is 16.5. The highest BCUT2D eigenvalue weighted by Crippen LogP contribution is 2.34. The summed E-state index contributed by atoms with van der Waals surface area (Å²) in [6, 6.07) is 0. The van der Waals surface area contributed by atoms with E-state index < -0.39 is 0 Å². The number of hydrogen-bond acceptors (Lipinski definition) is 5. The molecule has 1 aromatic rings. The summed E-state index contributed by atoms with van der Waals surface area (Å²) in [7, 11) is 0. The van der Waals surface area contributed by atoms with Gasteiger partial charge in [0.1, 0.15) is 11.6 Å². The van der Waals surface area contributed by atoms with Crippen LogP contribution in [0.25, 0.3) is 0 Å². The summed E-state index contributed by atoms with van der Waals surface area (Å²) in [5.74, 6) is 2.17. The normalized spacial score (nSPS) is 26.2. The van der Waals surface area contributed by atoms with Gasteiger partial charge in [-0.25, -0.2) is 4.98 Å². The Bertz CT molecular complexity index is 426. The highest BCUT2D eigenvalue weighted by Gasteiger charge is 2.34. The molecule has 0 amide bonds. The molecule has 112 valence electrons. The van der Waals surface area contributed by atoms with E-state index in [1.165, 1.54) is 6.42 Å². The zero-order valence-corrected chi connectivity index (χ0v) is 12.5. The van der Waals surface area contributed by atoms with E-state index in [0.717, 1.165) is 43.9 Å². The number of nitrogens with zero attached hydrogens (tertiary/aromatic N) is 2. The van der Waals surface area contributed by atoms with Crippen molar-refractivity contribution in [2.75, 3.05) is 23.8 Å². The Balaban J connectivity index is 2.07. The molecule has 2 rings (SSSR count). The topological polar surface area (TPSA) is 70.1 Å². The predicted molar refractivity (Wildman–Crippen MR) is 81.9 cm³/mol. The minimum Gasteiger partial charge on any atom is -0.394 e. The molecule has 1 fully saturated rings. The van der Waals surface area contributed by atoms with E-state index in [1.807, 2.05) is 0 Å². The minimum absolute atomic E-state index is 0.144. The molecule has 0 aliphatic heterocycles. The summed E-state index contributed by atoms with van der Waals surface area (Å²) in [4.78, 5) is 8.74. The van der Waals surface area contributed by atoms with Crippen molar-refractivity contribution in [3.05, 3.63) is 12.4 Å². The Labute approximate surface area is 121 Å². The Kier molecular flexibility index (Phi) is 5.17. The van der Waals surface area contributed by atoms with Crippen LogP contribution in [-0.2, 0) is 0 Å². The molecule has 0 aromatic carbocycles. The van der Waals surface area contributed by atoms with Crippen LogP contribution in [0.4, 0.5) is 11.6 Å². The molecule has 3 N–H and O–H groups in total. The van der Waals surface area contributed by atoms with E-state index in [9.17, 15) is 5.11 Å². The number of aliphatic hydroxyl groups excluding tert-OH is 1. The number of aliphatic hydroxyl groups is 1. The summed E-state index contributed by atoms with van der Waals surface area (Å²) in [6.07, 6.45) is 8.88. The fourth-order valence-electron chi connectivity index (χ4n) is 2.99. The first-order valence-electron chi connectivity index (χ1n) is 7.62. The molecule has 1 heterocycles. The van der Waals surface area contributed by atoms with E-state index in [-0.39, 0.29) is 12.1 Å². The minimum atomic E-state index is -0.240. The molecule has 0 spiro atoms. The predicted octanol–water partition coefficient (Wildman–Crippen LogP) is 2.65. The highest BCUT2D eigenvalue weighted by molar-refractivity contribution is 5.43. The quantitative estimate of drug-likeness (QED) is 0.746. The molecule has 5 nitrogen and oxygen atoms in total. The van der Waals surface area contributed by atoms with Gasteiger partial charge in [0.2, 0.25) is 0 Å². The van der Waals surface area contributed by atoms with Crippen molar-refractivity contribution >= 4 is 11.6 Å². The van der Waals surface area contributed by atoms with Crippen LogP contribution in [0.2, 0.25) is 0 Å². The summed E-state index contributed by atoms with van der Waals surface area (Å²) < 4.78 is 0. The third-order valence-corrected chi connectivity index (χ3v) is 3.98. The van der Waals surface area contributed by atoms with E-state index in [1.54, 1.807) is 12.4 Å². The van der Waals surface area contributed by atoms with Crippen LogP contribution >= 0.6 is 0 Å². The molecule has 0 bridgehead atoms. The summed E-state index contributed by atoms with van der Waals surface area (Å²) in [6.45, 7) is 5.40. The Morgan fingerprint density at radius 3 is 2.90 bits per heavy atom. The first-order chi connectivity index (χ1) is 9.67. The van der Waals surface area contributed by atoms with Gasteiger partial charge < -0.3 is 15.7 Å². The first-order valence-corrected chi connectivity index (χ1v) is 7.62. The van der Waals surface area contributed by atoms with Gasteiger partial charge in [0.25, 0.3) is 0 Å². The third-order valence-electron chi connectivity index (χ3n) is 3.98. The number of aromatic nitrogens is 2. The second kappa shape index (κ2) is 6.88. The van der Waals surface area contributed by atoms with Crippen molar-refractivity contribution < 1.29 is 5.11 Å².